The summed E-state index contributed by atoms with van der Waals surface area (Å²) in [6.45, 7) is 3.31. The van der Waals surface area contributed by atoms with Gasteiger partial charge in [0, 0.05) is 24.0 Å². The predicted molar refractivity (Wildman–Crippen MR) is 104 cm³/mol. The molecule has 0 saturated carbocycles. The van der Waals surface area contributed by atoms with E-state index in [2.05, 4.69) is 15.7 Å². The number of rotatable bonds is 5. The Hall–Kier alpha value is -3.61. The van der Waals surface area contributed by atoms with Crippen LogP contribution in [0.1, 0.15) is 23.1 Å². The fourth-order valence-corrected chi connectivity index (χ4v) is 2.64. The standard InChI is InChI=1S/C20H20N4O3/c1-13-11-19(23-24(13)17-7-9-18(27-3)10-8-17)20(26)22-16-6-4-5-15(12-16)21-14(2)25/h4-12H,1-3H3,(H,21,25)(H,22,26). The first-order valence-electron chi connectivity index (χ1n) is 8.36. The molecule has 7 heteroatoms. The van der Waals surface area contributed by atoms with Gasteiger partial charge in [0.15, 0.2) is 5.69 Å². The molecule has 0 aliphatic carbocycles. The van der Waals surface area contributed by atoms with Crippen molar-refractivity contribution in [3.63, 3.8) is 0 Å². The van der Waals surface area contributed by atoms with Crippen molar-refractivity contribution in [2.75, 3.05) is 17.7 Å². The summed E-state index contributed by atoms with van der Waals surface area (Å²) < 4.78 is 6.86. The number of aryl methyl sites for hydroxylation is 1. The van der Waals surface area contributed by atoms with Crippen LogP contribution < -0.4 is 15.4 Å². The number of nitrogens with zero attached hydrogens (tertiary/aromatic N) is 2. The molecule has 0 bridgehead atoms. The van der Waals surface area contributed by atoms with Gasteiger partial charge in [-0.05, 0) is 55.5 Å². The van der Waals surface area contributed by atoms with Gasteiger partial charge in [-0.3, -0.25) is 9.59 Å². The second kappa shape index (κ2) is 7.74. The minimum absolute atomic E-state index is 0.174. The second-order valence-electron chi connectivity index (χ2n) is 6.00. The minimum Gasteiger partial charge on any atom is -0.497 e. The molecule has 1 aromatic heterocycles. The van der Waals surface area contributed by atoms with E-state index in [1.807, 2.05) is 31.2 Å². The Morgan fingerprint density at radius 1 is 1.00 bits per heavy atom. The number of nitrogens with one attached hydrogen (secondary N) is 2. The van der Waals surface area contributed by atoms with Gasteiger partial charge < -0.3 is 15.4 Å². The van der Waals surface area contributed by atoms with Crippen LogP contribution in [0, 0.1) is 6.92 Å². The van der Waals surface area contributed by atoms with Crippen LogP contribution in [-0.2, 0) is 4.79 Å². The zero-order valence-electron chi connectivity index (χ0n) is 15.3. The number of methoxy groups -OCH3 is 1. The Bertz CT molecular complexity index is 977. The molecule has 2 amide bonds. The molecule has 0 aliphatic heterocycles. The van der Waals surface area contributed by atoms with E-state index in [9.17, 15) is 9.59 Å². The van der Waals surface area contributed by atoms with E-state index >= 15 is 0 Å². The van der Waals surface area contributed by atoms with Crippen molar-refractivity contribution < 1.29 is 14.3 Å². The third kappa shape index (κ3) is 4.33. The third-order valence-corrected chi connectivity index (χ3v) is 3.88. The Kier molecular flexibility index (Phi) is 5.21. The number of benzene rings is 2. The molecular weight excluding hydrogens is 344 g/mol. The fourth-order valence-electron chi connectivity index (χ4n) is 2.64. The summed E-state index contributed by atoms with van der Waals surface area (Å²) in [4.78, 5) is 23.7. The van der Waals surface area contributed by atoms with Gasteiger partial charge >= 0.3 is 0 Å². The highest BCUT2D eigenvalue weighted by Crippen LogP contribution is 2.19. The number of carbonyl (C=O) groups is 2. The van der Waals surface area contributed by atoms with Crippen molar-refractivity contribution >= 4 is 23.2 Å². The lowest BCUT2D eigenvalue weighted by Crippen LogP contribution is -2.13. The lowest BCUT2D eigenvalue weighted by atomic mass is 10.2. The van der Waals surface area contributed by atoms with Gasteiger partial charge in [0.25, 0.3) is 5.91 Å². The summed E-state index contributed by atoms with van der Waals surface area (Å²) >= 11 is 0. The van der Waals surface area contributed by atoms with Gasteiger partial charge in [-0.25, -0.2) is 4.68 Å². The van der Waals surface area contributed by atoms with Crippen LogP contribution in [0.25, 0.3) is 5.69 Å². The lowest BCUT2D eigenvalue weighted by Gasteiger charge is -2.07. The van der Waals surface area contributed by atoms with E-state index in [-0.39, 0.29) is 11.8 Å². The van der Waals surface area contributed by atoms with Crippen molar-refractivity contribution in [2.45, 2.75) is 13.8 Å². The minimum atomic E-state index is -0.328. The lowest BCUT2D eigenvalue weighted by molar-refractivity contribution is -0.114. The average molecular weight is 364 g/mol. The highest BCUT2D eigenvalue weighted by Gasteiger charge is 2.14. The molecule has 0 radical (unpaired) electrons. The zero-order valence-corrected chi connectivity index (χ0v) is 15.3. The van der Waals surface area contributed by atoms with Gasteiger partial charge in [-0.15, -0.1) is 0 Å². The highest BCUT2D eigenvalue weighted by atomic mass is 16.5. The van der Waals surface area contributed by atoms with Crippen LogP contribution in [0.5, 0.6) is 5.75 Å². The number of carbonyl (C=O) groups excluding carboxylic acids is 2. The summed E-state index contributed by atoms with van der Waals surface area (Å²) in [5.41, 5.74) is 3.15. The maximum absolute atomic E-state index is 12.6. The molecule has 3 aromatic rings. The van der Waals surface area contributed by atoms with Crippen molar-refractivity contribution in [1.29, 1.82) is 0 Å². The number of anilines is 2. The number of aromatic nitrogens is 2. The van der Waals surface area contributed by atoms with Crippen LogP contribution in [0.15, 0.2) is 54.6 Å². The zero-order chi connectivity index (χ0) is 19.4. The molecule has 2 N–H and O–H groups in total. The number of ether oxygens (including phenoxy) is 1. The first-order chi connectivity index (χ1) is 13.0. The van der Waals surface area contributed by atoms with Gasteiger partial charge in [-0.2, -0.15) is 5.10 Å². The summed E-state index contributed by atoms with van der Waals surface area (Å²) in [6.07, 6.45) is 0. The van der Waals surface area contributed by atoms with Crippen molar-refractivity contribution in [1.82, 2.24) is 9.78 Å². The normalized spacial score (nSPS) is 10.3. The van der Waals surface area contributed by atoms with Crippen molar-refractivity contribution in [3.8, 4) is 11.4 Å². The first kappa shape index (κ1) is 18.2. The van der Waals surface area contributed by atoms with E-state index in [4.69, 9.17) is 4.74 Å². The molecule has 0 atom stereocenters. The van der Waals surface area contributed by atoms with Crippen LogP contribution in [0.2, 0.25) is 0 Å². The van der Waals surface area contributed by atoms with Crippen LogP contribution >= 0.6 is 0 Å². The van der Waals surface area contributed by atoms with E-state index in [1.165, 1.54) is 6.92 Å². The van der Waals surface area contributed by atoms with E-state index in [1.54, 1.807) is 42.1 Å². The van der Waals surface area contributed by atoms with Gasteiger partial charge in [0.1, 0.15) is 5.75 Å². The second-order valence-corrected chi connectivity index (χ2v) is 6.00. The number of hydrogen-bond donors (Lipinski definition) is 2. The molecule has 0 spiro atoms. The maximum atomic E-state index is 12.6. The molecule has 7 nitrogen and oxygen atoms in total. The van der Waals surface area contributed by atoms with E-state index < -0.39 is 0 Å². The number of amides is 2. The monoisotopic (exact) mass is 364 g/mol. The fraction of sp³-hybridized carbons (Fsp3) is 0.150. The predicted octanol–water partition coefficient (Wildman–Crippen LogP) is 3.40. The first-order valence-corrected chi connectivity index (χ1v) is 8.36. The summed E-state index contributed by atoms with van der Waals surface area (Å²) in [5.74, 6) is 0.248. The van der Waals surface area contributed by atoms with E-state index in [0.29, 0.717) is 17.1 Å². The van der Waals surface area contributed by atoms with Gasteiger partial charge in [0.2, 0.25) is 5.91 Å². The Balaban J connectivity index is 1.78. The molecule has 0 fully saturated rings. The Morgan fingerprint density at radius 2 is 1.67 bits per heavy atom. The third-order valence-electron chi connectivity index (χ3n) is 3.88. The molecule has 0 saturated heterocycles. The van der Waals surface area contributed by atoms with Gasteiger partial charge in [-0.1, -0.05) is 6.07 Å². The van der Waals surface area contributed by atoms with Gasteiger partial charge in [0.05, 0.1) is 12.8 Å². The Morgan fingerprint density at radius 3 is 2.30 bits per heavy atom. The van der Waals surface area contributed by atoms with E-state index in [0.717, 1.165) is 17.1 Å². The SMILES string of the molecule is COc1ccc(-n2nc(C(=O)Nc3cccc(NC(C)=O)c3)cc2C)cc1. The quantitative estimate of drug-likeness (QED) is 0.727. The molecular formula is C20H20N4O3. The maximum Gasteiger partial charge on any atom is 0.276 e. The average Bonchev–Trinajstić information content (AvgIpc) is 3.03. The molecule has 138 valence electrons. The number of hydrogen-bond acceptors (Lipinski definition) is 4. The smallest absolute Gasteiger partial charge is 0.276 e. The van der Waals surface area contributed by atoms with Crippen LogP contribution in [-0.4, -0.2) is 28.7 Å². The Labute approximate surface area is 157 Å². The van der Waals surface area contributed by atoms with Crippen molar-refractivity contribution in [3.05, 3.63) is 66.0 Å². The molecule has 27 heavy (non-hydrogen) atoms. The van der Waals surface area contributed by atoms with Crippen LogP contribution in [0.4, 0.5) is 11.4 Å². The molecule has 0 unspecified atom stereocenters. The summed E-state index contributed by atoms with van der Waals surface area (Å²) in [6, 6.07) is 16.1. The highest BCUT2D eigenvalue weighted by molar-refractivity contribution is 6.03. The van der Waals surface area contributed by atoms with Crippen molar-refractivity contribution in [2.24, 2.45) is 0 Å². The molecule has 1 heterocycles. The largest absolute Gasteiger partial charge is 0.497 e. The topological polar surface area (TPSA) is 85.2 Å². The summed E-state index contributed by atoms with van der Waals surface area (Å²) in [7, 11) is 1.61. The summed E-state index contributed by atoms with van der Waals surface area (Å²) in [5, 5.41) is 9.87. The van der Waals surface area contributed by atoms with Crippen LogP contribution in [0.3, 0.4) is 0 Å². The molecule has 2 aromatic carbocycles. The molecule has 3 rings (SSSR count). The molecule has 0 aliphatic rings.